The Kier molecular flexibility index (Phi) is 6.64. The van der Waals surface area contributed by atoms with Crippen molar-refractivity contribution in [2.45, 2.75) is 19.1 Å². The lowest BCUT2D eigenvalue weighted by molar-refractivity contribution is -0.119. The lowest BCUT2D eigenvalue weighted by atomic mass is 10.3. The fourth-order valence-electron chi connectivity index (χ4n) is 2.23. The molecule has 0 aromatic heterocycles. The Bertz CT molecular complexity index is 555. The van der Waals surface area contributed by atoms with E-state index in [4.69, 9.17) is 11.5 Å². The number of nitrogens with two attached hydrogens (primary N) is 2. The van der Waals surface area contributed by atoms with E-state index in [1.54, 1.807) is 29.3 Å². The summed E-state index contributed by atoms with van der Waals surface area (Å²) in [7, 11) is 0. The van der Waals surface area contributed by atoms with Crippen molar-refractivity contribution >= 4 is 30.0 Å². The Morgan fingerprint density at radius 1 is 1.09 bits per heavy atom. The highest BCUT2D eigenvalue weighted by Gasteiger charge is 2.27. The van der Waals surface area contributed by atoms with Crippen molar-refractivity contribution in [2.75, 3.05) is 18.1 Å². The van der Waals surface area contributed by atoms with E-state index in [0.29, 0.717) is 5.69 Å². The monoisotopic (exact) mass is 350 g/mol. The normalized spacial score (nSPS) is 17.0. The molecule has 0 atom stereocenters. The summed E-state index contributed by atoms with van der Waals surface area (Å²) in [5.41, 5.74) is 11.7. The van der Waals surface area contributed by atoms with E-state index in [9.17, 15) is 13.2 Å². The predicted molar refractivity (Wildman–Crippen MR) is 86.3 cm³/mol. The van der Waals surface area contributed by atoms with Gasteiger partial charge >= 0.3 is 6.30 Å². The van der Waals surface area contributed by atoms with Crippen molar-refractivity contribution in [3.63, 3.8) is 0 Å². The highest BCUT2D eigenvalue weighted by molar-refractivity contribution is 6.01. The van der Waals surface area contributed by atoms with Crippen molar-refractivity contribution < 1.29 is 13.2 Å². The predicted octanol–water partition coefficient (Wildman–Crippen LogP) is 2.07. The Labute approximate surface area is 138 Å². The summed E-state index contributed by atoms with van der Waals surface area (Å²) < 4.78 is 36.5. The first-order chi connectivity index (χ1) is 10.4. The molecule has 1 aliphatic heterocycles. The van der Waals surface area contributed by atoms with Crippen LogP contribution < -0.4 is 16.5 Å². The van der Waals surface area contributed by atoms with Crippen LogP contribution >= 0.6 is 12.4 Å². The number of benzene rings is 1. The molecular formula is C13H18ClF3N6. The fraction of sp³-hybridized carbons (Fsp3) is 0.385. The van der Waals surface area contributed by atoms with Gasteiger partial charge in [-0.05, 0) is 25.0 Å². The van der Waals surface area contributed by atoms with Crippen LogP contribution in [-0.4, -0.2) is 36.3 Å². The first-order valence-corrected chi connectivity index (χ1v) is 6.73. The summed E-state index contributed by atoms with van der Waals surface area (Å²) in [6, 6.07) is 9.02. The zero-order valence-electron chi connectivity index (χ0n) is 12.2. The quantitative estimate of drug-likeness (QED) is 0.486. The maximum Gasteiger partial charge on any atom is 0.506 e. The molecule has 1 aromatic rings. The number of nitrogens with zero attached hydrogens (tertiary/aromatic N) is 4. The molecule has 1 fully saturated rings. The van der Waals surface area contributed by atoms with Crippen molar-refractivity contribution in [1.29, 1.82) is 0 Å². The van der Waals surface area contributed by atoms with Gasteiger partial charge in [0, 0.05) is 13.1 Å². The van der Waals surface area contributed by atoms with E-state index in [1.165, 1.54) is 0 Å². The first kappa shape index (κ1) is 19.0. The number of hydrogen-bond donors (Lipinski definition) is 2. The van der Waals surface area contributed by atoms with E-state index in [1.807, 2.05) is 11.1 Å². The molecule has 10 heteroatoms. The number of halogens is 4. The fourth-order valence-corrected chi connectivity index (χ4v) is 2.23. The van der Waals surface area contributed by atoms with Crippen molar-refractivity contribution in [3.8, 4) is 0 Å². The molecular weight excluding hydrogens is 333 g/mol. The molecule has 1 heterocycles. The molecule has 0 saturated carbocycles. The van der Waals surface area contributed by atoms with Crippen LogP contribution in [0.2, 0.25) is 0 Å². The number of alkyl halides is 3. The van der Waals surface area contributed by atoms with Gasteiger partial charge in [-0.1, -0.05) is 18.2 Å². The van der Waals surface area contributed by atoms with E-state index in [0.717, 1.165) is 25.9 Å². The number of hydrogen-bond acceptors (Lipinski definition) is 2. The van der Waals surface area contributed by atoms with Crippen LogP contribution in [0.4, 0.5) is 18.9 Å². The van der Waals surface area contributed by atoms with Crippen LogP contribution in [0.1, 0.15) is 12.8 Å². The Balaban J connectivity index is 0.00000264. The SMILES string of the molecule is Cl.NC(=NC(F)(F)F)N=C(N)N(c1ccccc1)N1CCCC1. The van der Waals surface area contributed by atoms with Crippen LogP contribution in [0.15, 0.2) is 40.3 Å². The number of anilines is 1. The van der Waals surface area contributed by atoms with Gasteiger partial charge in [0.15, 0.2) is 0 Å². The largest absolute Gasteiger partial charge is 0.506 e. The van der Waals surface area contributed by atoms with Gasteiger partial charge in [0.25, 0.3) is 0 Å². The highest BCUT2D eigenvalue weighted by Crippen LogP contribution is 2.20. The number of para-hydroxylation sites is 1. The van der Waals surface area contributed by atoms with Gasteiger partial charge in [-0.2, -0.15) is 4.99 Å². The molecule has 0 bridgehead atoms. The molecule has 1 aliphatic rings. The number of guanidine groups is 2. The Hall–Kier alpha value is -2.00. The third-order valence-corrected chi connectivity index (χ3v) is 3.05. The third kappa shape index (κ3) is 5.61. The number of aliphatic imine (C=N–C) groups is 2. The van der Waals surface area contributed by atoms with Gasteiger partial charge in [0.1, 0.15) is 0 Å². The van der Waals surface area contributed by atoms with Crippen LogP contribution in [-0.2, 0) is 0 Å². The number of hydrazine groups is 1. The summed E-state index contributed by atoms with van der Waals surface area (Å²) in [5, 5.41) is 3.47. The molecule has 2 rings (SSSR count). The van der Waals surface area contributed by atoms with Gasteiger partial charge in [0.2, 0.25) is 11.9 Å². The van der Waals surface area contributed by atoms with Crippen LogP contribution in [0.3, 0.4) is 0 Å². The summed E-state index contributed by atoms with van der Waals surface area (Å²) in [4.78, 5) is 5.90. The summed E-state index contributed by atoms with van der Waals surface area (Å²) >= 11 is 0. The van der Waals surface area contributed by atoms with Crippen molar-refractivity contribution in [1.82, 2.24) is 5.01 Å². The molecule has 0 unspecified atom stereocenters. The summed E-state index contributed by atoms with van der Waals surface area (Å²) in [5.74, 6) is -1.08. The molecule has 0 amide bonds. The zero-order valence-corrected chi connectivity index (χ0v) is 13.0. The third-order valence-electron chi connectivity index (χ3n) is 3.05. The summed E-state index contributed by atoms with van der Waals surface area (Å²) in [6.07, 6.45) is -2.83. The minimum absolute atomic E-state index is 0. The van der Waals surface area contributed by atoms with Gasteiger partial charge in [-0.15, -0.1) is 30.6 Å². The smallest absolute Gasteiger partial charge is 0.368 e. The second kappa shape index (κ2) is 8.02. The van der Waals surface area contributed by atoms with E-state index >= 15 is 0 Å². The molecule has 0 spiro atoms. The van der Waals surface area contributed by atoms with Crippen LogP contribution in [0, 0.1) is 0 Å². The van der Waals surface area contributed by atoms with E-state index in [2.05, 4.69) is 9.98 Å². The lowest BCUT2D eigenvalue weighted by Crippen LogP contribution is -2.49. The maximum atomic E-state index is 12.2. The second-order valence-electron chi connectivity index (χ2n) is 4.72. The van der Waals surface area contributed by atoms with Crippen molar-refractivity contribution in [3.05, 3.63) is 30.3 Å². The van der Waals surface area contributed by atoms with Gasteiger partial charge in [0.05, 0.1) is 5.69 Å². The average Bonchev–Trinajstić information content (AvgIpc) is 2.91. The van der Waals surface area contributed by atoms with Crippen LogP contribution in [0.5, 0.6) is 0 Å². The molecule has 6 nitrogen and oxygen atoms in total. The molecule has 0 radical (unpaired) electrons. The second-order valence-corrected chi connectivity index (χ2v) is 4.72. The molecule has 23 heavy (non-hydrogen) atoms. The summed E-state index contributed by atoms with van der Waals surface area (Å²) in [6.45, 7) is 1.48. The van der Waals surface area contributed by atoms with Gasteiger partial charge in [-0.3, -0.25) is 0 Å². The lowest BCUT2D eigenvalue weighted by Gasteiger charge is -2.32. The van der Waals surface area contributed by atoms with E-state index in [-0.39, 0.29) is 18.4 Å². The Morgan fingerprint density at radius 2 is 1.65 bits per heavy atom. The highest BCUT2D eigenvalue weighted by atomic mass is 35.5. The molecule has 4 N–H and O–H groups in total. The van der Waals surface area contributed by atoms with Crippen LogP contribution in [0.25, 0.3) is 0 Å². The molecule has 1 saturated heterocycles. The standard InChI is InChI=1S/C13H17F3N6.ClH/c14-13(15,16)20-11(17)19-12(18)22(21-8-4-5-9-21)10-6-2-1-3-7-10;/h1-3,6-7H,4-5,8-9H2,(H4,17,18,19,20);1H. The minimum Gasteiger partial charge on any atom is -0.368 e. The van der Waals surface area contributed by atoms with Gasteiger partial charge < -0.3 is 11.5 Å². The first-order valence-electron chi connectivity index (χ1n) is 6.73. The van der Waals surface area contributed by atoms with Gasteiger partial charge in [-0.25, -0.2) is 10.0 Å². The molecule has 1 aromatic carbocycles. The molecule has 0 aliphatic carbocycles. The minimum atomic E-state index is -4.78. The zero-order chi connectivity index (χ0) is 16.2. The maximum absolute atomic E-state index is 12.2. The Morgan fingerprint density at radius 3 is 2.17 bits per heavy atom. The topological polar surface area (TPSA) is 83.2 Å². The van der Waals surface area contributed by atoms with Crippen molar-refractivity contribution in [2.24, 2.45) is 21.5 Å². The molecule has 128 valence electrons. The average molecular weight is 351 g/mol. The van der Waals surface area contributed by atoms with E-state index < -0.39 is 12.3 Å². The number of rotatable bonds is 2.